The second kappa shape index (κ2) is 4.22. The van der Waals surface area contributed by atoms with Crippen molar-refractivity contribution in [3.63, 3.8) is 0 Å². The van der Waals surface area contributed by atoms with E-state index in [1.54, 1.807) is 0 Å². The molecule has 0 aromatic carbocycles. The Bertz CT molecular complexity index is 182. The Morgan fingerprint density at radius 3 is 2.50 bits per heavy atom. The lowest BCUT2D eigenvalue weighted by atomic mass is 9.64. The summed E-state index contributed by atoms with van der Waals surface area (Å²) in [6.07, 6.45) is 10.4. The second-order valence-electron chi connectivity index (χ2n) is 5.50. The first-order chi connectivity index (χ1) is 6.77. The molecule has 2 unspecified atom stereocenters. The van der Waals surface area contributed by atoms with E-state index in [1.165, 1.54) is 44.9 Å². The van der Waals surface area contributed by atoms with Crippen LogP contribution < -0.4 is 5.32 Å². The molecule has 0 aromatic rings. The van der Waals surface area contributed by atoms with Gasteiger partial charge in [0.15, 0.2) is 0 Å². The molecule has 2 aliphatic carbocycles. The van der Waals surface area contributed by atoms with Gasteiger partial charge in [0.2, 0.25) is 0 Å². The molecule has 2 saturated carbocycles. The molecule has 1 nitrogen and oxygen atoms in total. The van der Waals surface area contributed by atoms with Crippen LogP contribution in [0, 0.1) is 11.3 Å². The third kappa shape index (κ3) is 1.84. The Balaban J connectivity index is 1.93. The Hall–Kier alpha value is -0.0400. The minimum Gasteiger partial charge on any atom is -0.314 e. The van der Waals surface area contributed by atoms with Crippen molar-refractivity contribution in [3.8, 4) is 0 Å². The molecule has 2 rings (SSSR count). The summed E-state index contributed by atoms with van der Waals surface area (Å²) in [5.74, 6) is 0.961. The van der Waals surface area contributed by atoms with E-state index in [0.717, 1.165) is 23.9 Å². The summed E-state index contributed by atoms with van der Waals surface area (Å²) in [7, 11) is 0. The Morgan fingerprint density at radius 2 is 1.93 bits per heavy atom. The molecule has 0 aromatic heterocycles. The summed E-state index contributed by atoms with van der Waals surface area (Å²) < 4.78 is 0. The second-order valence-corrected chi connectivity index (χ2v) is 5.50. The van der Waals surface area contributed by atoms with E-state index in [1.807, 2.05) is 0 Å². The Labute approximate surface area is 88.7 Å². The molecule has 82 valence electrons. The minimum atomic E-state index is 0.770. The summed E-state index contributed by atoms with van der Waals surface area (Å²) in [6, 6.07) is 0.821. The van der Waals surface area contributed by atoms with Crippen molar-refractivity contribution in [2.24, 2.45) is 11.3 Å². The van der Waals surface area contributed by atoms with Gasteiger partial charge in [-0.2, -0.15) is 0 Å². The summed E-state index contributed by atoms with van der Waals surface area (Å²) in [4.78, 5) is 0. The average molecular weight is 195 g/mol. The zero-order valence-electron chi connectivity index (χ0n) is 9.81. The number of hydrogen-bond acceptors (Lipinski definition) is 1. The lowest BCUT2D eigenvalue weighted by Gasteiger charge is -2.43. The van der Waals surface area contributed by atoms with Gasteiger partial charge < -0.3 is 5.32 Å². The molecule has 14 heavy (non-hydrogen) atoms. The zero-order valence-corrected chi connectivity index (χ0v) is 9.81. The van der Waals surface area contributed by atoms with Crippen molar-refractivity contribution in [2.45, 2.75) is 64.8 Å². The normalized spacial score (nSPS) is 36.4. The van der Waals surface area contributed by atoms with Crippen molar-refractivity contribution in [3.05, 3.63) is 0 Å². The van der Waals surface area contributed by atoms with Crippen LogP contribution in [0.4, 0.5) is 0 Å². The highest BCUT2D eigenvalue weighted by molar-refractivity contribution is 4.95. The van der Waals surface area contributed by atoms with Gasteiger partial charge in [-0.15, -0.1) is 0 Å². The van der Waals surface area contributed by atoms with Crippen LogP contribution in [0.3, 0.4) is 0 Å². The maximum absolute atomic E-state index is 3.62. The van der Waals surface area contributed by atoms with Gasteiger partial charge >= 0.3 is 0 Å². The SMILES string of the molecule is CCNC1CCC2(CCCC2)C(C)C1. The molecule has 2 atom stereocenters. The zero-order chi connectivity index (χ0) is 10.0. The van der Waals surface area contributed by atoms with Gasteiger partial charge in [0, 0.05) is 6.04 Å². The van der Waals surface area contributed by atoms with Crippen molar-refractivity contribution in [1.82, 2.24) is 5.32 Å². The molecule has 0 heterocycles. The lowest BCUT2D eigenvalue weighted by molar-refractivity contribution is 0.0937. The summed E-state index contributed by atoms with van der Waals surface area (Å²) in [5, 5.41) is 3.62. The number of nitrogens with one attached hydrogen (secondary N) is 1. The molecular formula is C13H25N. The molecule has 1 heteroatoms. The van der Waals surface area contributed by atoms with Crippen molar-refractivity contribution in [1.29, 1.82) is 0 Å². The van der Waals surface area contributed by atoms with Crippen LogP contribution in [-0.2, 0) is 0 Å². The molecule has 2 fully saturated rings. The van der Waals surface area contributed by atoms with E-state index in [0.29, 0.717) is 0 Å². The summed E-state index contributed by atoms with van der Waals surface area (Å²) in [6.45, 7) is 5.86. The standard InChI is InChI=1S/C13H25N/c1-3-14-12-6-9-13(11(2)10-12)7-4-5-8-13/h11-12,14H,3-10H2,1-2H3. The van der Waals surface area contributed by atoms with Gasteiger partial charge in [-0.25, -0.2) is 0 Å². The quantitative estimate of drug-likeness (QED) is 0.712. The molecule has 1 N–H and O–H groups in total. The van der Waals surface area contributed by atoms with Gasteiger partial charge in [0.25, 0.3) is 0 Å². The van der Waals surface area contributed by atoms with Crippen molar-refractivity contribution < 1.29 is 0 Å². The largest absolute Gasteiger partial charge is 0.314 e. The average Bonchev–Trinajstić information content (AvgIpc) is 2.62. The van der Waals surface area contributed by atoms with Crippen LogP contribution in [0.15, 0.2) is 0 Å². The van der Waals surface area contributed by atoms with Gasteiger partial charge in [0.05, 0.1) is 0 Å². The Morgan fingerprint density at radius 1 is 1.21 bits per heavy atom. The first-order valence-corrected chi connectivity index (χ1v) is 6.50. The van der Waals surface area contributed by atoms with Crippen LogP contribution >= 0.6 is 0 Å². The van der Waals surface area contributed by atoms with E-state index in [9.17, 15) is 0 Å². The molecular weight excluding hydrogens is 170 g/mol. The smallest absolute Gasteiger partial charge is 0.00698 e. The van der Waals surface area contributed by atoms with Crippen molar-refractivity contribution >= 4 is 0 Å². The van der Waals surface area contributed by atoms with Crippen LogP contribution in [0.1, 0.15) is 58.8 Å². The molecule has 0 bridgehead atoms. The van der Waals surface area contributed by atoms with Crippen LogP contribution in [-0.4, -0.2) is 12.6 Å². The molecule has 2 aliphatic rings. The van der Waals surface area contributed by atoms with E-state index in [2.05, 4.69) is 19.2 Å². The lowest BCUT2D eigenvalue weighted by Crippen LogP contribution is -2.41. The maximum Gasteiger partial charge on any atom is 0.00698 e. The fraction of sp³-hybridized carbons (Fsp3) is 1.00. The van der Waals surface area contributed by atoms with Crippen molar-refractivity contribution in [2.75, 3.05) is 6.54 Å². The van der Waals surface area contributed by atoms with Crippen LogP contribution in [0.2, 0.25) is 0 Å². The fourth-order valence-corrected chi connectivity index (χ4v) is 3.80. The first kappa shape index (κ1) is 10.5. The third-order valence-corrected chi connectivity index (χ3v) is 4.77. The molecule has 0 aliphatic heterocycles. The molecule has 0 radical (unpaired) electrons. The third-order valence-electron chi connectivity index (χ3n) is 4.77. The Kier molecular flexibility index (Phi) is 3.16. The molecule has 1 spiro atoms. The topological polar surface area (TPSA) is 12.0 Å². The molecule has 0 saturated heterocycles. The molecule has 0 amide bonds. The number of hydrogen-bond donors (Lipinski definition) is 1. The van der Waals surface area contributed by atoms with Gasteiger partial charge in [0.1, 0.15) is 0 Å². The maximum atomic E-state index is 3.62. The van der Waals surface area contributed by atoms with E-state index in [-0.39, 0.29) is 0 Å². The van der Waals surface area contributed by atoms with Gasteiger partial charge in [-0.1, -0.05) is 26.7 Å². The minimum absolute atomic E-state index is 0.770. The highest BCUT2D eigenvalue weighted by atomic mass is 14.9. The van der Waals surface area contributed by atoms with E-state index in [4.69, 9.17) is 0 Å². The van der Waals surface area contributed by atoms with Crippen LogP contribution in [0.5, 0.6) is 0 Å². The highest BCUT2D eigenvalue weighted by Gasteiger charge is 2.42. The van der Waals surface area contributed by atoms with Gasteiger partial charge in [-0.05, 0) is 50.0 Å². The van der Waals surface area contributed by atoms with Gasteiger partial charge in [-0.3, -0.25) is 0 Å². The fourth-order valence-electron chi connectivity index (χ4n) is 3.80. The predicted molar refractivity (Wildman–Crippen MR) is 61.4 cm³/mol. The summed E-state index contributed by atoms with van der Waals surface area (Å²) >= 11 is 0. The van der Waals surface area contributed by atoms with Crippen LogP contribution in [0.25, 0.3) is 0 Å². The first-order valence-electron chi connectivity index (χ1n) is 6.50. The number of rotatable bonds is 2. The summed E-state index contributed by atoms with van der Waals surface area (Å²) in [5.41, 5.74) is 0.770. The van der Waals surface area contributed by atoms with E-state index >= 15 is 0 Å². The van der Waals surface area contributed by atoms with E-state index < -0.39 is 0 Å². The highest BCUT2D eigenvalue weighted by Crippen LogP contribution is 2.52. The monoisotopic (exact) mass is 195 g/mol. The predicted octanol–water partition coefficient (Wildman–Crippen LogP) is 3.34.